The zero-order valence-corrected chi connectivity index (χ0v) is 11.9. The number of anilines is 1. The summed E-state index contributed by atoms with van der Waals surface area (Å²) in [5.74, 6) is 0.739. The van der Waals surface area contributed by atoms with Crippen LogP contribution in [0.2, 0.25) is 0 Å². The van der Waals surface area contributed by atoms with Crippen LogP contribution in [0, 0.1) is 0 Å². The first-order chi connectivity index (χ1) is 10.2. The molecule has 2 N–H and O–H groups in total. The topological polar surface area (TPSA) is 54.1 Å². The fourth-order valence-electron chi connectivity index (χ4n) is 2.40. The Morgan fingerprint density at radius 2 is 1.95 bits per heavy atom. The molecule has 0 radical (unpaired) electrons. The molecule has 1 amide bonds. The summed E-state index contributed by atoms with van der Waals surface area (Å²) in [6, 6.07) is 15.7. The molecule has 0 bridgehead atoms. The number of hydrogen-bond acceptors (Lipinski definition) is 2. The number of H-pyrrole nitrogens is 1. The van der Waals surface area contributed by atoms with E-state index in [4.69, 9.17) is 4.74 Å². The summed E-state index contributed by atoms with van der Waals surface area (Å²) in [4.78, 5) is 14.7. The first kappa shape index (κ1) is 13.2. The Morgan fingerprint density at radius 1 is 1.14 bits per heavy atom. The van der Waals surface area contributed by atoms with Gasteiger partial charge in [-0.1, -0.05) is 18.2 Å². The van der Waals surface area contributed by atoms with Crippen LogP contribution in [0.15, 0.2) is 48.5 Å². The number of carbonyl (C=O) groups is 1. The highest BCUT2D eigenvalue weighted by Gasteiger charge is 2.09. The second-order valence-corrected chi connectivity index (χ2v) is 4.86. The molecule has 3 rings (SSSR count). The van der Waals surface area contributed by atoms with Gasteiger partial charge in [-0.05, 0) is 30.3 Å². The van der Waals surface area contributed by atoms with Gasteiger partial charge in [0.2, 0.25) is 5.91 Å². The molecule has 0 aliphatic heterocycles. The van der Waals surface area contributed by atoms with Gasteiger partial charge in [-0.25, -0.2) is 0 Å². The van der Waals surface area contributed by atoms with Crippen molar-refractivity contribution < 1.29 is 9.53 Å². The fraction of sp³-hybridized carbons (Fsp3) is 0.118. The molecule has 1 heterocycles. The minimum atomic E-state index is -0.0831. The molecule has 1 aromatic heterocycles. The second-order valence-electron chi connectivity index (χ2n) is 4.86. The van der Waals surface area contributed by atoms with E-state index in [2.05, 4.69) is 16.4 Å². The molecular weight excluding hydrogens is 264 g/mol. The number of aromatic amines is 1. The van der Waals surface area contributed by atoms with Crippen molar-refractivity contribution >= 4 is 22.5 Å². The number of fused-ring (bicyclic) bond motifs is 1. The third kappa shape index (κ3) is 2.60. The molecule has 4 heteroatoms. The van der Waals surface area contributed by atoms with E-state index in [0.717, 1.165) is 33.6 Å². The van der Waals surface area contributed by atoms with Gasteiger partial charge in [0.1, 0.15) is 5.75 Å². The molecule has 106 valence electrons. The van der Waals surface area contributed by atoms with Crippen molar-refractivity contribution in [2.75, 3.05) is 12.4 Å². The van der Waals surface area contributed by atoms with Gasteiger partial charge in [0.05, 0.1) is 12.8 Å². The van der Waals surface area contributed by atoms with E-state index < -0.39 is 0 Å². The van der Waals surface area contributed by atoms with Crippen LogP contribution >= 0.6 is 0 Å². The summed E-state index contributed by atoms with van der Waals surface area (Å²) < 4.78 is 5.24. The lowest BCUT2D eigenvalue weighted by Gasteiger charge is -2.07. The molecule has 4 nitrogen and oxygen atoms in total. The number of benzene rings is 2. The summed E-state index contributed by atoms with van der Waals surface area (Å²) in [5.41, 5.74) is 3.75. The Kier molecular flexibility index (Phi) is 3.36. The van der Waals surface area contributed by atoms with Crippen LogP contribution in [0.3, 0.4) is 0 Å². The number of carbonyl (C=O) groups excluding carboxylic acids is 1. The third-order valence-electron chi connectivity index (χ3n) is 3.36. The highest BCUT2D eigenvalue weighted by Crippen LogP contribution is 2.31. The van der Waals surface area contributed by atoms with E-state index in [9.17, 15) is 4.79 Å². The van der Waals surface area contributed by atoms with Gasteiger partial charge in [-0.2, -0.15) is 0 Å². The van der Waals surface area contributed by atoms with Crippen molar-refractivity contribution in [3.63, 3.8) is 0 Å². The zero-order chi connectivity index (χ0) is 14.8. The molecule has 2 aromatic carbocycles. The van der Waals surface area contributed by atoms with Gasteiger partial charge < -0.3 is 15.0 Å². The van der Waals surface area contributed by atoms with Crippen molar-refractivity contribution in [2.45, 2.75) is 6.92 Å². The van der Waals surface area contributed by atoms with Crippen LogP contribution in [-0.2, 0) is 4.79 Å². The van der Waals surface area contributed by atoms with Crippen LogP contribution < -0.4 is 10.1 Å². The van der Waals surface area contributed by atoms with Crippen LogP contribution in [0.4, 0.5) is 5.69 Å². The van der Waals surface area contributed by atoms with Gasteiger partial charge in [-0.15, -0.1) is 0 Å². The van der Waals surface area contributed by atoms with Gasteiger partial charge in [0.25, 0.3) is 0 Å². The first-order valence-corrected chi connectivity index (χ1v) is 6.71. The highest BCUT2D eigenvalue weighted by atomic mass is 16.5. The zero-order valence-electron chi connectivity index (χ0n) is 11.9. The Balaban J connectivity index is 2.10. The van der Waals surface area contributed by atoms with E-state index >= 15 is 0 Å². The molecular formula is C17H16N2O2. The monoisotopic (exact) mass is 280 g/mol. The standard InChI is InChI=1S/C17H16N2O2/c1-11(20)18-16-6-4-3-5-14(16)17-10-12-9-13(21-2)7-8-15(12)19-17/h3-10,19H,1-2H3,(H,18,20). The van der Waals surface area contributed by atoms with Crippen LogP contribution in [-0.4, -0.2) is 18.0 Å². The number of rotatable bonds is 3. The van der Waals surface area contributed by atoms with Gasteiger partial charge >= 0.3 is 0 Å². The SMILES string of the molecule is COc1ccc2[nH]c(-c3ccccc3NC(C)=O)cc2c1. The number of hydrogen-bond donors (Lipinski definition) is 2. The van der Waals surface area contributed by atoms with Gasteiger partial charge in [0.15, 0.2) is 0 Å². The second kappa shape index (κ2) is 5.32. The highest BCUT2D eigenvalue weighted by molar-refractivity contribution is 5.95. The number of amides is 1. The van der Waals surface area contributed by atoms with E-state index in [-0.39, 0.29) is 5.91 Å². The molecule has 21 heavy (non-hydrogen) atoms. The molecule has 0 fully saturated rings. The number of nitrogens with one attached hydrogen (secondary N) is 2. The van der Waals surface area contributed by atoms with Gasteiger partial charge in [-0.3, -0.25) is 4.79 Å². The minimum Gasteiger partial charge on any atom is -0.497 e. The molecule has 0 atom stereocenters. The minimum absolute atomic E-state index is 0.0831. The molecule has 0 saturated carbocycles. The van der Waals surface area contributed by atoms with Crippen molar-refractivity contribution in [2.24, 2.45) is 0 Å². The maximum Gasteiger partial charge on any atom is 0.221 e. The summed E-state index contributed by atoms with van der Waals surface area (Å²) >= 11 is 0. The Bertz CT molecular complexity index is 805. The number of methoxy groups -OCH3 is 1. The Morgan fingerprint density at radius 3 is 2.71 bits per heavy atom. The van der Waals surface area contributed by atoms with Crippen molar-refractivity contribution in [1.82, 2.24) is 4.98 Å². The largest absolute Gasteiger partial charge is 0.497 e. The summed E-state index contributed by atoms with van der Waals surface area (Å²) in [6.07, 6.45) is 0. The maximum absolute atomic E-state index is 11.3. The smallest absolute Gasteiger partial charge is 0.221 e. The molecule has 0 unspecified atom stereocenters. The van der Waals surface area contributed by atoms with Crippen LogP contribution in [0.5, 0.6) is 5.75 Å². The lowest BCUT2D eigenvalue weighted by Crippen LogP contribution is -2.06. The van der Waals surface area contributed by atoms with E-state index in [1.165, 1.54) is 6.92 Å². The summed E-state index contributed by atoms with van der Waals surface area (Å²) in [6.45, 7) is 1.51. The predicted molar refractivity (Wildman–Crippen MR) is 84.6 cm³/mol. The van der Waals surface area contributed by atoms with Crippen molar-refractivity contribution in [3.8, 4) is 17.0 Å². The van der Waals surface area contributed by atoms with E-state index in [1.54, 1.807) is 7.11 Å². The average molecular weight is 280 g/mol. The molecule has 3 aromatic rings. The molecule has 0 spiro atoms. The summed E-state index contributed by atoms with van der Waals surface area (Å²) in [5, 5.41) is 3.93. The normalized spacial score (nSPS) is 10.6. The number of para-hydroxylation sites is 1. The predicted octanol–water partition coefficient (Wildman–Crippen LogP) is 3.80. The average Bonchev–Trinajstić information content (AvgIpc) is 2.89. The van der Waals surface area contributed by atoms with Crippen molar-refractivity contribution in [1.29, 1.82) is 0 Å². The fourth-order valence-corrected chi connectivity index (χ4v) is 2.40. The van der Waals surface area contributed by atoms with Crippen molar-refractivity contribution in [3.05, 3.63) is 48.5 Å². The number of aromatic nitrogens is 1. The molecule has 0 aliphatic rings. The lowest BCUT2D eigenvalue weighted by atomic mass is 10.1. The Hall–Kier alpha value is -2.75. The van der Waals surface area contributed by atoms with E-state index in [1.807, 2.05) is 42.5 Å². The quantitative estimate of drug-likeness (QED) is 0.766. The summed E-state index contributed by atoms with van der Waals surface area (Å²) in [7, 11) is 1.65. The molecule has 0 saturated heterocycles. The van der Waals surface area contributed by atoms with Crippen LogP contribution in [0.1, 0.15) is 6.92 Å². The van der Waals surface area contributed by atoms with E-state index in [0.29, 0.717) is 0 Å². The maximum atomic E-state index is 11.3. The third-order valence-corrected chi connectivity index (χ3v) is 3.36. The molecule has 0 aliphatic carbocycles. The van der Waals surface area contributed by atoms with Crippen LogP contribution in [0.25, 0.3) is 22.2 Å². The lowest BCUT2D eigenvalue weighted by molar-refractivity contribution is -0.114. The first-order valence-electron chi connectivity index (χ1n) is 6.71. The Labute approximate surface area is 122 Å². The van der Waals surface area contributed by atoms with Gasteiger partial charge in [0, 0.05) is 29.1 Å². The number of ether oxygens (including phenoxy) is 1.